The van der Waals surface area contributed by atoms with Gasteiger partial charge in [0.05, 0.1) is 22.6 Å². The van der Waals surface area contributed by atoms with Crippen LogP contribution in [0.3, 0.4) is 0 Å². The summed E-state index contributed by atoms with van der Waals surface area (Å²) in [6.07, 6.45) is 2.68. The third kappa shape index (κ3) is 4.16. The van der Waals surface area contributed by atoms with Crippen LogP contribution in [0.4, 0.5) is 11.4 Å². The molecule has 33 heavy (non-hydrogen) atoms. The predicted molar refractivity (Wildman–Crippen MR) is 126 cm³/mol. The molecule has 2 aromatic carbocycles. The van der Waals surface area contributed by atoms with Crippen LogP contribution in [0.25, 0.3) is 11.1 Å². The second-order valence-corrected chi connectivity index (χ2v) is 7.61. The van der Waals surface area contributed by atoms with Gasteiger partial charge in [0.1, 0.15) is 5.75 Å². The van der Waals surface area contributed by atoms with Gasteiger partial charge >= 0.3 is 11.9 Å². The largest absolute Gasteiger partial charge is 0.505 e. The number of para-hydroxylation sites is 1. The normalized spacial score (nSPS) is 14.5. The fraction of sp³-hybridized carbons (Fsp3) is 0.125. The molecular weight excluding hydrogens is 422 g/mol. The summed E-state index contributed by atoms with van der Waals surface area (Å²) >= 11 is 0. The Morgan fingerprint density at radius 1 is 1.06 bits per heavy atom. The van der Waals surface area contributed by atoms with Crippen molar-refractivity contribution in [3.05, 3.63) is 71.5 Å². The van der Waals surface area contributed by atoms with Crippen molar-refractivity contribution < 1.29 is 19.8 Å². The van der Waals surface area contributed by atoms with Gasteiger partial charge in [0.25, 0.3) is 0 Å². The Morgan fingerprint density at radius 2 is 1.85 bits per heavy atom. The lowest BCUT2D eigenvalue weighted by Crippen LogP contribution is -2.28. The minimum Gasteiger partial charge on any atom is -0.505 e. The molecule has 9 nitrogen and oxygen atoms in total. The van der Waals surface area contributed by atoms with Gasteiger partial charge in [-0.1, -0.05) is 18.2 Å². The van der Waals surface area contributed by atoms with Crippen molar-refractivity contribution in [3.63, 3.8) is 0 Å². The molecule has 3 N–H and O–H groups in total. The van der Waals surface area contributed by atoms with E-state index in [4.69, 9.17) is 0 Å². The van der Waals surface area contributed by atoms with Crippen LogP contribution in [0, 0.1) is 13.8 Å². The zero-order valence-corrected chi connectivity index (χ0v) is 18.2. The van der Waals surface area contributed by atoms with Gasteiger partial charge in [0, 0.05) is 23.5 Å². The third-order valence-corrected chi connectivity index (χ3v) is 5.34. The molecule has 4 rings (SSSR count). The van der Waals surface area contributed by atoms with Crippen LogP contribution >= 0.6 is 0 Å². The number of amides is 1. The van der Waals surface area contributed by atoms with Gasteiger partial charge in [0.2, 0.25) is 0 Å². The number of nitrogens with one attached hydrogen (secondary N) is 1. The fourth-order valence-corrected chi connectivity index (χ4v) is 3.35. The van der Waals surface area contributed by atoms with E-state index < -0.39 is 11.9 Å². The minimum atomic E-state index is -1.12. The van der Waals surface area contributed by atoms with Crippen LogP contribution in [-0.4, -0.2) is 38.5 Å². The molecule has 1 aliphatic rings. The number of hydrogen-bond donors (Lipinski definition) is 3. The standard InChI is InChI=1S/C24H21N5O4/c1-13-7-8-18(9-14(13)2)29-23(31)21(15(3)28-29)27-26-20-6-4-5-19(22(20)30)16-10-17(24(32)33)12-25-11-16/h4-12,26,30H,1-3H3,(H,32,33). The maximum Gasteiger partial charge on any atom is 0.337 e. The molecule has 0 saturated carbocycles. The molecule has 1 amide bonds. The van der Waals surface area contributed by atoms with Crippen LogP contribution in [-0.2, 0) is 4.79 Å². The summed E-state index contributed by atoms with van der Waals surface area (Å²) in [6, 6.07) is 11.9. The van der Waals surface area contributed by atoms with E-state index in [2.05, 4.69) is 20.6 Å². The molecule has 0 spiro atoms. The highest BCUT2D eigenvalue weighted by Gasteiger charge is 2.31. The maximum absolute atomic E-state index is 12.9. The highest BCUT2D eigenvalue weighted by Crippen LogP contribution is 2.35. The Labute approximate surface area is 189 Å². The highest BCUT2D eigenvalue weighted by atomic mass is 16.4. The summed E-state index contributed by atoms with van der Waals surface area (Å²) in [5.74, 6) is -1.66. The number of benzene rings is 2. The predicted octanol–water partition coefficient (Wildman–Crippen LogP) is 3.96. The number of aromatic hydroxyl groups is 1. The van der Waals surface area contributed by atoms with E-state index in [1.165, 1.54) is 23.5 Å². The minimum absolute atomic E-state index is 0.000304. The number of carboxylic acid groups (broad SMARTS) is 1. The van der Waals surface area contributed by atoms with Crippen molar-refractivity contribution in [3.8, 4) is 16.9 Å². The zero-order valence-electron chi connectivity index (χ0n) is 18.2. The number of rotatable bonds is 5. The number of anilines is 2. The molecule has 2 heterocycles. The number of hydrazone groups is 2. The van der Waals surface area contributed by atoms with Gasteiger partial charge in [-0.2, -0.15) is 15.2 Å². The van der Waals surface area contributed by atoms with Gasteiger partial charge in [-0.05, 0) is 56.2 Å². The van der Waals surface area contributed by atoms with Gasteiger partial charge in [-0.25, -0.2) is 4.79 Å². The Kier molecular flexibility index (Phi) is 5.61. The number of phenolic OH excluding ortho intramolecular Hbond substituents is 1. The average molecular weight is 443 g/mol. The van der Waals surface area contributed by atoms with Crippen LogP contribution in [0.5, 0.6) is 5.75 Å². The molecule has 0 saturated heterocycles. The fourth-order valence-electron chi connectivity index (χ4n) is 3.35. The molecule has 1 aromatic heterocycles. The van der Waals surface area contributed by atoms with E-state index >= 15 is 0 Å². The summed E-state index contributed by atoms with van der Waals surface area (Å²) in [5.41, 5.74) is 7.12. The second kappa shape index (κ2) is 8.54. The summed E-state index contributed by atoms with van der Waals surface area (Å²) < 4.78 is 0. The maximum atomic E-state index is 12.9. The van der Waals surface area contributed by atoms with E-state index in [1.54, 1.807) is 25.1 Å². The van der Waals surface area contributed by atoms with Crippen molar-refractivity contribution in [2.75, 3.05) is 10.4 Å². The Bertz CT molecular complexity index is 1350. The number of nitrogens with zero attached hydrogens (tertiary/aromatic N) is 4. The summed E-state index contributed by atoms with van der Waals surface area (Å²) in [6.45, 7) is 5.63. The number of phenols is 1. The van der Waals surface area contributed by atoms with Crippen molar-refractivity contribution in [2.45, 2.75) is 20.8 Å². The molecule has 0 bridgehead atoms. The average Bonchev–Trinajstić information content (AvgIpc) is 3.08. The van der Waals surface area contributed by atoms with Gasteiger partial charge in [0.15, 0.2) is 5.71 Å². The lowest BCUT2D eigenvalue weighted by molar-refractivity contribution is -0.112. The van der Waals surface area contributed by atoms with E-state index in [9.17, 15) is 19.8 Å². The Balaban J connectivity index is 1.61. The molecule has 0 radical (unpaired) electrons. The van der Waals surface area contributed by atoms with E-state index in [1.807, 2.05) is 32.0 Å². The zero-order chi connectivity index (χ0) is 23.7. The number of carbonyl (C=O) groups excluding carboxylic acids is 1. The molecule has 0 aliphatic carbocycles. The number of carboxylic acids is 1. The summed E-state index contributed by atoms with van der Waals surface area (Å²) in [7, 11) is 0. The SMILES string of the molecule is CC1=NN(c2ccc(C)c(C)c2)C(=O)C1=NNc1cccc(-c2cncc(C(=O)O)c2)c1O. The monoisotopic (exact) mass is 443 g/mol. The highest BCUT2D eigenvalue weighted by molar-refractivity contribution is 6.71. The van der Waals surface area contributed by atoms with E-state index in [0.29, 0.717) is 22.5 Å². The van der Waals surface area contributed by atoms with E-state index in [0.717, 1.165) is 11.1 Å². The molecule has 9 heteroatoms. The number of aromatic nitrogens is 1. The first-order valence-electron chi connectivity index (χ1n) is 10.1. The van der Waals surface area contributed by atoms with Crippen molar-refractivity contribution >= 4 is 34.7 Å². The molecule has 1 aliphatic heterocycles. The Hall–Kier alpha value is -4.53. The molecule has 166 valence electrons. The van der Waals surface area contributed by atoms with Crippen LogP contribution in [0.15, 0.2) is 65.1 Å². The first-order valence-corrected chi connectivity index (χ1v) is 10.1. The van der Waals surface area contributed by atoms with Crippen molar-refractivity contribution in [2.24, 2.45) is 10.2 Å². The van der Waals surface area contributed by atoms with E-state index in [-0.39, 0.29) is 22.7 Å². The third-order valence-electron chi connectivity index (χ3n) is 5.34. The number of carbonyl (C=O) groups is 2. The van der Waals surface area contributed by atoms with Gasteiger partial charge < -0.3 is 10.2 Å². The quantitative estimate of drug-likeness (QED) is 0.405. The van der Waals surface area contributed by atoms with Crippen molar-refractivity contribution in [1.29, 1.82) is 0 Å². The second-order valence-electron chi connectivity index (χ2n) is 7.61. The number of pyridine rings is 1. The number of aromatic carboxylic acids is 1. The van der Waals surface area contributed by atoms with Gasteiger partial charge in [-0.15, -0.1) is 0 Å². The number of aryl methyl sites for hydroxylation is 2. The first-order chi connectivity index (χ1) is 15.8. The molecule has 0 unspecified atom stereocenters. The van der Waals surface area contributed by atoms with Crippen LogP contribution in [0.1, 0.15) is 28.4 Å². The molecular formula is C24H21N5O4. The lowest BCUT2D eigenvalue weighted by Gasteiger charge is -2.13. The molecule has 0 fully saturated rings. The van der Waals surface area contributed by atoms with Crippen molar-refractivity contribution in [1.82, 2.24) is 4.98 Å². The number of hydrogen-bond acceptors (Lipinski definition) is 7. The topological polar surface area (TPSA) is 127 Å². The molecule has 0 atom stereocenters. The summed E-state index contributed by atoms with van der Waals surface area (Å²) in [5, 5.41) is 29.7. The van der Waals surface area contributed by atoms with Gasteiger partial charge in [-0.3, -0.25) is 15.2 Å². The van der Waals surface area contributed by atoms with Crippen LogP contribution < -0.4 is 10.4 Å². The lowest BCUT2D eigenvalue weighted by atomic mass is 10.0. The smallest absolute Gasteiger partial charge is 0.337 e. The first kappa shape index (κ1) is 21.7. The summed E-state index contributed by atoms with van der Waals surface area (Å²) in [4.78, 5) is 28.1. The molecule has 3 aromatic rings. The Morgan fingerprint density at radius 3 is 2.58 bits per heavy atom. The van der Waals surface area contributed by atoms with Crippen LogP contribution in [0.2, 0.25) is 0 Å².